The molecule has 2 atom stereocenters. The highest BCUT2D eigenvalue weighted by atomic mass is 16.6. The molecule has 0 spiro atoms. The van der Waals surface area contributed by atoms with Crippen molar-refractivity contribution < 1.29 is 24.2 Å². The zero-order valence-corrected chi connectivity index (χ0v) is 15.5. The summed E-state index contributed by atoms with van der Waals surface area (Å²) in [5, 5.41) is 9.22. The number of aliphatic carboxylic acids is 1. The maximum Gasteiger partial charge on any atom is 0.323 e. The second-order valence-electron chi connectivity index (χ2n) is 7.24. The smallest absolute Gasteiger partial charge is 0.323 e. The summed E-state index contributed by atoms with van der Waals surface area (Å²) < 4.78 is 11.2. The molecule has 1 saturated carbocycles. The minimum absolute atomic E-state index is 0.0850. The third kappa shape index (κ3) is 4.11. The maximum absolute atomic E-state index is 12.9. The van der Waals surface area contributed by atoms with Crippen LogP contribution in [0.25, 0.3) is 0 Å². The zero-order chi connectivity index (χ0) is 19.5. The Morgan fingerprint density at radius 1 is 1.04 bits per heavy atom. The van der Waals surface area contributed by atoms with Gasteiger partial charge in [0.1, 0.15) is 19.8 Å². The molecule has 2 aromatic rings. The van der Waals surface area contributed by atoms with Crippen molar-refractivity contribution in [1.82, 2.24) is 4.90 Å². The van der Waals surface area contributed by atoms with Gasteiger partial charge in [-0.25, -0.2) is 0 Å². The van der Waals surface area contributed by atoms with Crippen LogP contribution in [0.5, 0.6) is 11.5 Å². The summed E-state index contributed by atoms with van der Waals surface area (Å²) in [6.45, 7) is 1.20. The van der Waals surface area contributed by atoms with Gasteiger partial charge >= 0.3 is 5.97 Å². The molecule has 1 aliphatic heterocycles. The highest BCUT2D eigenvalue weighted by molar-refractivity contribution is 5.86. The minimum Gasteiger partial charge on any atom is -0.486 e. The molecule has 6 heteroatoms. The number of rotatable bonds is 7. The molecule has 1 heterocycles. The van der Waals surface area contributed by atoms with Crippen molar-refractivity contribution in [3.8, 4) is 11.5 Å². The van der Waals surface area contributed by atoms with Gasteiger partial charge in [-0.2, -0.15) is 0 Å². The first-order valence-corrected chi connectivity index (χ1v) is 9.56. The molecule has 1 amide bonds. The molecule has 0 aromatic heterocycles. The third-order valence-corrected chi connectivity index (χ3v) is 5.25. The van der Waals surface area contributed by atoms with E-state index in [-0.39, 0.29) is 24.3 Å². The van der Waals surface area contributed by atoms with Crippen LogP contribution < -0.4 is 9.47 Å². The van der Waals surface area contributed by atoms with E-state index >= 15 is 0 Å². The lowest BCUT2D eigenvalue weighted by Crippen LogP contribution is -2.38. The Kier molecular flexibility index (Phi) is 5.19. The van der Waals surface area contributed by atoms with Gasteiger partial charge in [0, 0.05) is 12.5 Å². The quantitative estimate of drug-likeness (QED) is 0.798. The van der Waals surface area contributed by atoms with Crippen LogP contribution in [0.2, 0.25) is 0 Å². The van der Waals surface area contributed by atoms with Gasteiger partial charge < -0.3 is 19.5 Å². The fourth-order valence-corrected chi connectivity index (χ4v) is 3.70. The van der Waals surface area contributed by atoms with Crippen molar-refractivity contribution in [2.24, 2.45) is 5.92 Å². The summed E-state index contributed by atoms with van der Waals surface area (Å²) in [6.07, 6.45) is 1.38. The lowest BCUT2D eigenvalue weighted by Gasteiger charge is -2.21. The standard InChI is InChI=1S/C22H23NO5/c24-21(25)14-23(9-8-15-4-2-1-3-5-15)22(26)18-13-17(18)16-6-7-19-20(12-16)28-11-10-27-19/h1-7,12,17-18H,8-11,13-14H2,(H,24,25). The summed E-state index contributed by atoms with van der Waals surface area (Å²) in [4.78, 5) is 25.7. The lowest BCUT2D eigenvalue weighted by molar-refractivity contribution is -0.145. The van der Waals surface area contributed by atoms with Gasteiger partial charge in [-0.1, -0.05) is 36.4 Å². The molecule has 0 bridgehead atoms. The molecule has 28 heavy (non-hydrogen) atoms. The molecular weight excluding hydrogens is 358 g/mol. The Morgan fingerprint density at radius 2 is 1.79 bits per heavy atom. The predicted octanol–water partition coefficient (Wildman–Crippen LogP) is 2.72. The van der Waals surface area contributed by atoms with Crippen LogP contribution in [0.1, 0.15) is 23.5 Å². The van der Waals surface area contributed by atoms with Crippen molar-refractivity contribution in [3.05, 3.63) is 59.7 Å². The molecule has 2 aromatic carbocycles. The van der Waals surface area contributed by atoms with Gasteiger partial charge in [0.15, 0.2) is 11.5 Å². The molecule has 0 radical (unpaired) electrons. The molecule has 2 unspecified atom stereocenters. The number of carboxylic acid groups (broad SMARTS) is 1. The monoisotopic (exact) mass is 381 g/mol. The maximum atomic E-state index is 12.9. The van der Waals surface area contributed by atoms with Crippen LogP contribution in [0.4, 0.5) is 0 Å². The SMILES string of the molecule is O=C(O)CN(CCc1ccccc1)C(=O)C1CC1c1ccc2c(c1)OCCO2. The number of carbonyl (C=O) groups is 2. The molecule has 2 aliphatic rings. The summed E-state index contributed by atoms with van der Waals surface area (Å²) >= 11 is 0. The number of carbonyl (C=O) groups excluding carboxylic acids is 1. The predicted molar refractivity (Wildman–Crippen MR) is 103 cm³/mol. The summed E-state index contributed by atoms with van der Waals surface area (Å²) in [7, 11) is 0. The Labute approximate surface area is 163 Å². The Morgan fingerprint density at radius 3 is 2.54 bits per heavy atom. The molecule has 1 N–H and O–H groups in total. The molecule has 146 valence electrons. The Balaban J connectivity index is 1.42. The number of fused-ring (bicyclic) bond motifs is 1. The van der Waals surface area contributed by atoms with Gasteiger partial charge in [0.2, 0.25) is 5.91 Å². The number of hydrogen-bond donors (Lipinski definition) is 1. The first kappa shape index (κ1) is 18.3. The summed E-state index contributed by atoms with van der Waals surface area (Å²) in [6, 6.07) is 15.6. The van der Waals surface area contributed by atoms with Crippen molar-refractivity contribution >= 4 is 11.9 Å². The van der Waals surface area contributed by atoms with E-state index in [1.807, 2.05) is 48.5 Å². The van der Waals surface area contributed by atoms with E-state index in [0.717, 1.165) is 23.3 Å². The van der Waals surface area contributed by atoms with Crippen molar-refractivity contribution in [3.63, 3.8) is 0 Å². The largest absolute Gasteiger partial charge is 0.486 e. The van der Waals surface area contributed by atoms with E-state index in [2.05, 4.69) is 0 Å². The molecular formula is C22H23NO5. The Bertz CT molecular complexity index is 866. The first-order chi connectivity index (χ1) is 13.6. The normalized spacial score (nSPS) is 19.7. The van der Waals surface area contributed by atoms with E-state index in [9.17, 15) is 14.7 Å². The van der Waals surface area contributed by atoms with Crippen LogP contribution in [-0.2, 0) is 16.0 Å². The van der Waals surface area contributed by atoms with Crippen LogP contribution in [-0.4, -0.2) is 48.2 Å². The van der Waals surface area contributed by atoms with Crippen LogP contribution in [0.3, 0.4) is 0 Å². The van der Waals surface area contributed by atoms with E-state index < -0.39 is 5.97 Å². The van der Waals surface area contributed by atoms with Crippen LogP contribution in [0.15, 0.2) is 48.5 Å². The van der Waals surface area contributed by atoms with Gasteiger partial charge in [-0.3, -0.25) is 9.59 Å². The number of ether oxygens (including phenoxy) is 2. The third-order valence-electron chi connectivity index (χ3n) is 5.25. The fourth-order valence-electron chi connectivity index (χ4n) is 3.70. The number of hydrogen-bond acceptors (Lipinski definition) is 4. The van der Waals surface area contributed by atoms with Gasteiger partial charge in [-0.15, -0.1) is 0 Å². The van der Waals surface area contributed by atoms with Gasteiger partial charge in [0.05, 0.1) is 0 Å². The molecule has 1 aliphatic carbocycles. The molecule has 1 fully saturated rings. The molecule has 6 nitrogen and oxygen atoms in total. The summed E-state index contributed by atoms with van der Waals surface area (Å²) in [5.41, 5.74) is 2.13. The van der Waals surface area contributed by atoms with E-state index in [1.165, 1.54) is 4.90 Å². The highest BCUT2D eigenvalue weighted by Gasteiger charge is 2.46. The van der Waals surface area contributed by atoms with Gasteiger partial charge in [-0.05, 0) is 42.0 Å². The van der Waals surface area contributed by atoms with Crippen LogP contribution in [0, 0.1) is 5.92 Å². The highest BCUT2D eigenvalue weighted by Crippen LogP contribution is 2.50. The van der Waals surface area contributed by atoms with Crippen molar-refractivity contribution in [2.75, 3.05) is 26.3 Å². The summed E-state index contributed by atoms with van der Waals surface area (Å²) in [5.74, 6) is 0.312. The first-order valence-electron chi connectivity index (χ1n) is 9.56. The minimum atomic E-state index is -0.988. The second-order valence-corrected chi connectivity index (χ2v) is 7.24. The van der Waals surface area contributed by atoms with Gasteiger partial charge in [0.25, 0.3) is 0 Å². The zero-order valence-electron chi connectivity index (χ0n) is 15.5. The second kappa shape index (κ2) is 7.92. The topological polar surface area (TPSA) is 76.1 Å². The lowest BCUT2D eigenvalue weighted by atomic mass is 10.1. The number of benzene rings is 2. The molecule has 0 saturated heterocycles. The van der Waals surface area contributed by atoms with Crippen molar-refractivity contribution in [1.29, 1.82) is 0 Å². The number of nitrogens with zero attached hydrogens (tertiary/aromatic N) is 1. The number of amides is 1. The fraction of sp³-hybridized carbons (Fsp3) is 0.364. The average molecular weight is 381 g/mol. The van der Waals surface area contributed by atoms with Crippen LogP contribution >= 0.6 is 0 Å². The Hall–Kier alpha value is -3.02. The van der Waals surface area contributed by atoms with E-state index in [0.29, 0.717) is 31.9 Å². The van der Waals surface area contributed by atoms with E-state index in [4.69, 9.17) is 9.47 Å². The van der Waals surface area contributed by atoms with Crippen molar-refractivity contribution in [2.45, 2.75) is 18.8 Å². The average Bonchev–Trinajstić information content (AvgIpc) is 3.51. The number of carboxylic acids is 1. The van der Waals surface area contributed by atoms with E-state index in [1.54, 1.807) is 0 Å². The molecule has 4 rings (SSSR count).